The number of urea groups is 1. The lowest BCUT2D eigenvalue weighted by Crippen LogP contribution is -2.36. The highest BCUT2D eigenvalue weighted by Gasteiger charge is 2.25. The van der Waals surface area contributed by atoms with Crippen molar-refractivity contribution in [1.29, 1.82) is 0 Å². The van der Waals surface area contributed by atoms with Crippen LogP contribution in [0.2, 0.25) is 0 Å². The molecule has 184 valence electrons. The molecule has 0 aliphatic carbocycles. The number of rotatable bonds is 7. The van der Waals surface area contributed by atoms with Gasteiger partial charge in [-0.05, 0) is 67.1 Å². The number of carbonyl (C=O) groups excluding carboxylic acids is 1. The van der Waals surface area contributed by atoms with Crippen molar-refractivity contribution in [2.24, 2.45) is 5.92 Å². The van der Waals surface area contributed by atoms with Crippen LogP contribution in [0.3, 0.4) is 0 Å². The van der Waals surface area contributed by atoms with Crippen LogP contribution in [0.25, 0.3) is 11.1 Å². The first-order valence-corrected chi connectivity index (χ1v) is 12.4. The summed E-state index contributed by atoms with van der Waals surface area (Å²) < 4.78 is 5.51. The van der Waals surface area contributed by atoms with E-state index in [4.69, 9.17) is 9.72 Å². The first-order chi connectivity index (χ1) is 16.4. The number of hydrogen-bond donors (Lipinski definition) is 3. The molecule has 34 heavy (non-hydrogen) atoms. The molecule has 0 radical (unpaired) electrons. The number of hydrogen-bond acceptors (Lipinski definition) is 6. The minimum absolute atomic E-state index is 0.0335. The average Bonchev–Trinajstić information content (AvgIpc) is 3.34. The van der Waals surface area contributed by atoms with Crippen LogP contribution in [-0.2, 0) is 4.74 Å². The molecule has 3 N–H and O–H groups in total. The Bertz CT molecular complexity index is 990. The van der Waals surface area contributed by atoms with Crippen LogP contribution in [0, 0.1) is 12.8 Å². The molecule has 2 fully saturated rings. The summed E-state index contributed by atoms with van der Waals surface area (Å²) in [6.07, 6.45) is 1.71. The van der Waals surface area contributed by atoms with Crippen molar-refractivity contribution in [3.8, 4) is 11.1 Å². The van der Waals surface area contributed by atoms with Crippen molar-refractivity contribution in [3.05, 3.63) is 35.9 Å². The summed E-state index contributed by atoms with van der Waals surface area (Å²) in [5.41, 5.74) is 3.97. The number of carbonyl (C=O) groups is 1. The van der Waals surface area contributed by atoms with Crippen LogP contribution < -0.4 is 15.5 Å². The second-order valence-electron chi connectivity index (χ2n) is 9.40. The third kappa shape index (κ3) is 5.98. The fourth-order valence-corrected chi connectivity index (χ4v) is 4.53. The smallest absolute Gasteiger partial charge is 0.321 e. The average molecular weight is 468 g/mol. The number of aryl methyl sites for hydroxylation is 1. The van der Waals surface area contributed by atoms with E-state index in [0.29, 0.717) is 25.7 Å². The lowest BCUT2D eigenvalue weighted by atomic mass is 10.00. The molecular weight excluding hydrogens is 430 g/mol. The van der Waals surface area contributed by atoms with E-state index in [0.717, 1.165) is 73.0 Å². The molecule has 0 saturated carbocycles. The van der Waals surface area contributed by atoms with Crippen LogP contribution >= 0.6 is 0 Å². The topological polar surface area (TPSA) is 90.0 Å². The molecule has 2 amide bonds. The Balaban J connectivity index is 1.60. The number of amides is 2. The number of ether oxygens (including phenoxy) is 1. The fraction of sp³-hybridized carbons (Fsp3) is 0.538. The third-order valence-corrected chi connectivity index (χ3v) is 6.68. The van der Waals surface area contributed by atoms with Crippen molar-refractivity contribution in [1.82, 2.24) is 9.88 Å². The number of aliphatic hydroxyl groups excluding tert-OH is 1. The van der Waals surface area contributed by atoms with E-state index in [9.17, 15) is 9.90 Å². The summed E-state index contributed by atoms with van der Waals surface area (Å²) in [4.78, 5) is 21.8. The van der Waals surface area contributed by atoms with Crippen LogP contribution in [-0.4, -0.2) is 73.1 Å². The predicted octanol–water partition coefficient (Wildman–Crippen LogP) is 3.95. The molecule has 0 unspecified atom stereocenters. The molecule has 8 nitrogen and oxygen atoms in total. The molecule has 3 heterocycles. The van der Waals surface area contributed by atoms with Gasteiger partial charge in [-0.2, -0.15) is 0 Å². The van der Waals surface area contributed by atoms with Gasteiger partial charge in [-0.25, -0.2) is 9.78 Å². The minimum atomic E-state index is -0.476. The molecule has 2 aliphatic heterocycles. The second kappa shape index (κ2) is 11.1. The van der Waals surface area contributed by atoms with Gasteiger partial charge >= 0.3 is 6.03 Å². The van der Waals surface area contributed by atoms with Gasteiger partial charge in [0.1, 0.15) is 11.6 Å². The summed E-state index contributed by atoms with van der Waals surface area (Å²) in [5.74, 6) is 2.20. The second-order valence-corrected chi connectivity index (χ2v) is 9.40. The monoisotopic (exact) mass is 467 g/mol. The summed E-state index contributed by atoms with van der Waals surface area (Å²) in [6.45, 7) is 11.0. The number of morpholine rings is 1. The molecule has 0 bridgehead atoms. The van der Waals surface area contributed by atoms with Gasteiger partial charge in [0.2, 0.25) is 0 Å². The number of aromatic nitrogens is 1. The number of aliphatic hydroxyl groups is 1. The van der Waals surface area contributed by atoms with Gasteiger partial charge in [0.25, 0.3) is 0 Å². The maximum Gasteiger partial charge on any atom is 0.321 e. The Kier molecular flexibility index (Phi) is 7.90. The quantitative estimate of drug-likeness (QED) is 0.571. The molecule has 2 atom stereocenters. The molecule has 8 heteroatoms. The zero-order valence-electron chi connectivity index (χ0n) is 20.5. The van der Waals surface area contributed by atoms with Gasteiger partial charge in [0.05, 0.1) is 19.3 Å². The van der Waals surface area contributed by atoms with E-state index in [1.807, 2.05) is 29.2 Å². The molecule has 1 aromatic carbocycles. The highest BCUT2D eigenvalue weighted by atomic mass is 16.5. The molecule has 4 rings (SSSR count). The van der Waals surface area contributed by atoms with Crippen molar-refractivity contribution < 1.29 is 14.6 Å². The lowest BCUT2D eigenvalue weighted by molar-refractivity contribution is 0.122. The van der Waals surface area contributed by atoms with Gasteiger partial charge in [0, 0.05) is 38.4 Å². The van der Waals surface area contributed by atoms with Crippen LogP contribution in [0.5, 0.6) is 0 Å². The third-order valence-electron chi connectivity index (χ3n) is 6.68. The number of nitrogens with one attached hydrogen (secondary N) is 2. The van der Waals surface area contributed by atoms with Crippen LogP contribution in [0.1, 0.15) is 32.3 Å². The van der Waals surface area contributed by atoms with Crippen molar-refractivity contribution in [2.75, 3.05) is 61.5 Å². The Morgan fingerprint density at radius 3 is 2.74 bits per heavy atom. The first kappa shape index (κ1) is 24.3. The summed E-state index contributed by atoms with van der Waals surface area (Å²) in [5, 5.41) is 16.1. The number of pyridine rings is 1. The van der Waals surface area contributed by atoms with E-state index in [-0.39, 0.29) is 6.03 Å². The van der Waals surface area contributed by atoms with E-state index < -0.39 is 6.10 Å². The van der Waals surface area contributed by atoms with E-state index in [1.54, 1.807) is 6.92 Å². The van der Waals surface area contributed by atoms with Crippen LogP contribution in [0.4, 0.5) is 22.1 Å². The number of likely N-dealkylation sites (tertiary alicyclic amines) is 1. The van der Waals surface area contributed by atoms with Gasteiger partial charge < -0.3 is 30.3 Å². The van der Waals surface area contributed by atoms with E-state index in [2.05, 4.69) is 35.4 Å². The zero-order chi connectivity index (χ0) is 24.1. The Morgan fingerprint density at radius 2 is 2.03 bits per heavy atom. The molecule has 2 saturated heterocycles. The SMILES string of the molecule is CC[C@@H]1CCN(C(=O)Nc2ccc(C)c(-c3cc(NC[C@@H](C)O)nc(N4CCOCC4)c3)c2)C1. The summed E-state index contributed by atoms with van der Waals surface area (Å²) >= 11 is 0. The van der Waals surface area contributed by atoms with Gasteiger partial charge in [-0.1, -0.05) is 19.4 Å². The van der Waals surface area contributed by atoms with Crippen LogP contribution in [0.15, 0.2) is 30.3 Å². The number of nitrogens with zero attached hydrogens (tertiary/aromatic N) is 3. The number of benzene rings is 1. The van der Waals surface area contributed by atoms with Gasteiger partial charge in [0.15, 0.2) is 0 Å². The standard InChI is InChI=1S/C26H37N5O3/c1-4-20-7-8-31(17-20)26(33)28-22-6-5-18(2)23(15-22)21-13-24(27-16-19(3)32)29-25(14-21)30-9-11-34-12-10-30/h5-6,13-15,19-20,32H,4,7-12,16-17H2,1-3H3,(H,27,29)(H,28,33)/t19-,20-/m1/s1. The Morgan fingerprint density at radius 1 is 1.24 bits per heavy atom. The van der Waals surface area contributed by atoms with Crippen molar-refractivity contribution >= 4 is 23.4 Å². The van der Waals surface area contributed by atoms with Gasteiger partial charge in [-0.15, -0.1) is 0 Å². The van der Waals surface area contributed by atoms with Gasteiger partial charge in [-0.3, -0.25) is 0 Å². The molecule has 2 aromatic rings. The highest BCUT2D eigenvalue weighted by Crippen LogP contribution is 2.32. The Labute approximate surface area is 202 Å². The predicted molar refractivity (Wildman–Crippen MR) is 137 cm³/mol. The normalized spacial score (nSPS) is 19.2. The lowest BCUT2D eigenvalue weighted by Gasteiger charge is -2.28. The molecule has 1 aromatic heterocycles. The van der Waals surface area contributed by atoms with Crippen molar-refractivity contribution in [2.45, 2.75) is 39.7 Å². The summed E-state index contributed by atoms with van der Waals surface area (Å²) in [6, 6.07) is 10.1. The maximum absolute atomic E-state index is 12.8. The summed E-state index contributed by atoms with van der Waals surface area (Å²) in [7, 11) is 0. The minimum Gasteiger partial charge on any atom is -0.392 e. The van der Waals surface area contributed by atoms with E-state index >= 15 is 0 Å². The molecule has 2 aliphatic rings. The Hall–Kier alpha value is -2.84. The largest absolute Gasteiger partial charge is 0.392 e. The van der Waals surface area contributed by atoms with Crippen molar-refractivity contribution in [3.63, 3.8) is 0 Å². The number of anilines is 3. The molecular formula is C26H37N5O3. The zero-order valence-corrected chi connectivity index (χ0v) is 20.5. The fourth-order valence-electron chi connectivity index (χ4n) is 4.53. The maximum atomic E-state index is 12.8. The molecule has 0 spiro atoms. The highest BCUT2D eigenvalue weighted by molar-refractivity contribution is 5.91. The van der Waals surface area contributed by atoms with E-state index in [1.165, 1.54) is 0 Å². The first-order valence-electron chi connectivity index (χ1n) is 12.4.